The fourth-order valence-corrected chi connectivity index (χ4v) is 3.05. The van der Waals surface area contributed by atoms with Crippen LogP contribution < -0.4 is 9.80 Å². The molecule has 0 radical (unpaired) electrons. The Bertz CT molecular complexity index is 1060. The number of hydrogen-bond donors (Lipinski definition) is 1. The highest BCUT2D eigenvalue weighted by Gasteiger charge is 2.42. The molecule has 0 aliphatic carbocycles. The van der Waals surface area contributed by atoms with Gasteiger partial charge in [-0.25, -0.2) is 9.78 Å². The van der Waals surface area contributed by atoms with Crippen molar-refractivity contribution in [3.05, 3.63) is 48.5 Å². The molecule has 0 saturated carbocycles. The number of rotatable bonds is 2. The molecule has 10 heteroatoms. The number of alkyl halides is 3. The average molecular weight is 372 g/mol. The Kier molecular flexibility index (Phi) is 3.73. The normalized spacial score (nSPS) is 17.6. The maximum Gasteiger partial charge on any atom is 0.432 e. The quantitative estimate of drug-likeness (QED) is 0.747. The number of carbonyl (C=O) groups excluding carboxylic acids is 1. The topological polar surface area (TPSA) is 88.9 Å². The van der Waals surface area contributed by atoms with Crippen LogP contribution in [0.15, 0.2) is 42.9 Å². The first-order valence-electron chi connectivity index (χ1n) is 7.85. The zero-order chi connectivity index (χ0) is 19.2. The highest BCUT2D eigenvalue weighted by Crippen LogP contribution is 2.34. The van der Waals surface area contributed by atoms with Crippen molar-refractivity contribution in [2.75, 3.05) is 16.3 Å². The fraction of sp³-hybridized carbons (Fsp3) is 0.176. The third-order valence-corrected chi connectivity index (χ3v) is 4.29. The van der Waals surface area contributed by atoms with Crippen molar-refractivity contribution in [3.8, 4) is 6.07 Å². The van der Waals surface area contributed by atoms with Gasteiger partial charge in [-0.3, -0.25) is 14.8 Å². The molecule has 1 unspecified atom stereocenters. The zero-order valence-electron chi connectivity index (χ0n) is 13.6. The second kappa shape index (κ2) is 5.98. The number of imidazole rings is 1. The number of carbonyl (C=O) groups is 1. The fourth-order valence-electron chi connectivity index (χ4n) is 3.05. The van der Waals surface area contributed by atoms with Gasteiger partial charge in [0.1, 0.15) is 11.7 Å². The van der Waals surface area contributed by atoms with E-state index in [1.165, 1.54) is 4.90 Å². The number of hydrogen-bond acceptors (Lipinski definition) is 4. The van der Waals surface area contributed by atoms with E-state index in [4.69, 9.17) is 0 Å². The summed E-state index contributed by atoms with van der Waals surface area (Å²) in [6.45, 7) is -0.110. The van der Waals surface area contributed by atoms with E-state index in [0.717, 1.165) is 10.3 Å². The molecule has 2 aromatic heterocycles. The molecule has 0 bridgehead atoms. The summed E-state index contributed by atoms with van der Waals surface area (Å²) in [5, 5.41) is 11.0. The predicted molar refractivity (Wildman–Crippen MR) is 90.0 cm³/mol. The first kappa shape index (κ1) is 16.8. The van der Waals surface area contributed by atoms with E-state index in [9.17, 15) is 23.2 Å². The molecule has 1 aliphatic heterocycles. The molecule has 0 spiro atoms. The molecule has 4 rings (SSSR count). The number of fused-ring (bicyclic) bond motifs is 1. The Morgan fingerprint density at radius 1 is 1.26 bits per heavy atom. The molecule has 3 heterocycles. The van der Waals surface area contributed by atoms with Crippen molar-refractivity contribution in [1.82, 2.24) is 15.0 Å². The molecular weight excluding hydrogens is 361 g/mol. The number of nitrogens with one attached hydrogen (secondary N) is 1. The Hall–Kier alpha value is -3.61. The van der Waals surface area contributed by atoms with Crippen LogP contribution in [0, 0.1) is 11.3 Å². The molecule has 2 amide bonds. The largest absolute Gasteiger partial charge is 0.432 e. The van der Waals surface area contributed by atoms with Gasteiger partial charge in [0.15, 0.2) is 0 Å². The summed E-state index contributed by atoms with van der Waals surface area (Å²) >= 11 is 0. The first-order chi connectivity index (χ1) is 12.9. The van der Waals surface area contributed by atoms with Crippen LogP contribution in [0.2, 0.25) is 0 Å². The highest BCUT2D eigenvalue weighted by atomic mass is 19.4. The average Bonchev–Trinajstić information content (AvgIpc) is 3.25. The van der Waals surface area contributed by atoms with Crippen molar-refractivity contribution in [2.45, 2.75) is 12.2 Å². The summed E-state index contributed by atoms with van der Waals surface area (Å²) in [6.07, 6.45) is -0.796. The number of nitrogens with zero attached hydrogens (tertiary/aromatic N) is 5. The summed E-state index contributed by atoms with van der Waals surface area (Å²) in [5.74, 6) is -0.253. The molecule has 1 fully saturated rings. The molecule has 136 valence electrons. The number of amides is 2. The van der Waals surface area contributed by atoms with E-state index in [1.807, 2.05) is 12.1 Å². The van der Waals surface area contributed by atoms with Gasteiger partial charge >= 0.3 is 12.2 Å². The molecule has 1 saturated heterocycles. The monoisotopic (exact) mass is 372 g/mol. The molecule has 1 aliphatic rings. The number of H-pyrrole nitrogens is 1. The second-order valence-electron chi connectivity index (χ2n) is 5.90. The summed E-state index contributed by atoms with van der Waals surface area (Å²) in [7, 11) is 0. The summed E-state index contributed by atoms with van der Waals surface area (Å²) in [5.41, 5.74) is -0.579. The molecule has 1 atom stereocenters. The van der Waals surface area contributed by atoms with Crippen LogP contribution in [0.3, 0.4) is 0 Å². The number of halogens is 3. The standard InChI is InChI=1S/C17H11F3N6O/c18-17(19,20)14-8-23-15(24-14)25-9-11(6-21)26(16(25)27)13-3-1-2-10-7-22-5-4-12(10)13/h1-5,7-8,11H,9H2,(H,23,24). The minimum atomic E-state index is -4.61. The second-order valence-corrected chi connectivity index (χ2v) is 5.90. The predicted octanol–water partition coefficient (Wildman–Crippen LogP) is 3.32. The number of nitriles is 1. The van der Waals surface area contributed by atoms with Crippen LogP contribution >= 0.6 is 0 Å². The Balaban J connectivity index is 1.75. The van der Waals surface area contributed by atoms with E-state index in [2.05, 4.69) is 15.0 Å². The van der Waals surface area contributed by atoms with E-state index in [-0.39, 0.29) is 12.5 Å². The van der Waals surface area contributed by atoms with Crippen molar-refractivity contribution < 1.29 is 18.0 Å². The highest BCUT2D eigenvalue weighted by molar-refractivity contribution is 6.11. The van der Waals surface area contributed by atoms with Crippen molar-refractivity contribution in [3.63, 3.8) is 0 Å². The van der Waals surface area contributed by atoms with Gasteiger partial charge in [0.05, 0.1) is 24.5 Å². The van der Waals surface area contributed by atoms with E-state index < -0.39 is 23.9 Å². The number of aromatic nitrogens is 3. The van der Waals surface area contributed by atoms with E-state index in [1.54, 1.807) is 30.6 Å². The summed E-state index contributed by atoms with van der Waals surface area (Å²) < 4.78 is 38.4. The van der Waals surface area contributed by atoms with Crippen LogP contribution in [0.4, 0.5) is 29.6 Å². The van der Waals surface area contributed by atoms with Gasteiger partial charge in [0, 0.05) is 23.2 Å². The Morgan fingerprint density at radius 3 is 2.78 bits per heavy atom. The van der Waals surface area contributed by atoms with Crippen LogP contribution in [0.5, 0.6) is 0 Å². The van der Waals surface area contributed by atoms with Crippen LogP contribution in [0.1, 0.15) is 5.69 Å². The molecule has 27 heavy (non-hydrogen) atoms. The van der Waals surface area contributed by atoms with Crippen molar-refractivity contribution in [1.29, 1.82) is 5.26 Å². The molecule has 3 aromatic rings. The van der Waals surface area contributed by atoms with Gasteiger partial charge in [-0.2, -0.15) is 18.4 Å². The first-order valence-corrected chi connectivity index (χ1v) is 7.85. The number of pyridine rings is 1. The number of benzene rings is 1. The van der Waals surface area contributed by atoms with Gasteiger partial charge < -0.3 is 4.98 Å². The van der Waals surface area contributed by atoms with Crippen molar-refractivity contribution >= 4 is 28.4 Å². The lowest BCUT2D eigenvalue weighted by molar-refractivity contribution is -0.140. The SMILES string of the molecule is N#CC1CN(c2ncc(C(F)(F)F)[nH]2)C(=O)N1c1cccc2cnccc12. The lowest BCUT2D eigenvalue weighted by Crippen LogP contribution is -2.34. The molecular formula is C17H11F3N6O. The third-order valence-electron chi connectivity index (χ3n) is 4.29. The lowest BCUT2D eigenvalue weighted by Gasteiger charge is -2.20. The summed E-state index contributed by atoms with van der Waals surface area (Å²) in [4.78, 5) is 25.0. The maximum absolute atomic E-state index is 12.9. The van der Waals surface area contributed by atoms with Gasteiger partial charge in [-0.05, 0) is 12.1 Å². The Labute approximate surface area is 150 Å². The minimum absolute atomic E-state index is 0.110. The van der Waals surface area contributed by atoms with E-state index >= 15 is 0 Å². The number of aromatic amines is 1. The Morgan fingerprint density at radius 2 is 2.07 bits per heavy atom. The van der Waals surface area contributed by atoms with Gasteiger partial charge in [0.2, 0.25) is 5.95 Å². The molecule has 1 aromatic carbocycles. The zero-order valence-corrected chi connectivity index (χ0v) is 13.6. The van der Waals surface area contributed by atoms with Crippen LogP contribution in [0.25, 0.3) is 10.8 Å². The molecule has 7 nitrogen and oxygen atoms in total. The van der Waals surface area contributed by atoms with Crippen molar-refractivity contribution in [2.24, 2.45) is 0 Å². The lowest BCUT2D eigenvalue weighted by atomic mass is 10.1. The third kappa shape index (κ3) is 2.73. The van der Waals surface area contributed by atoms with Gasteiger partial charge in [-0.1, -0.05) is 12.1 Å². The smallest absolute Gasteiger partial charge is 0.320 e. The maximum atomic E-state index is 12.9. The summed E-state index contributed by atoms with van der Waals surface area (Å²) in [6, 6.07) is 7.44. The van der Waals surface area contributed by atoms with Gasteiger partial charge in [-0.15, -0.1) is 0 Å². The number of anilines is 2. The molecule has 1 N–H and O–H groups in total. The minimum Gasteiger partial charge on any atom is -0.320 e. The van der Waals surface area contributed by atoms with Crippen LogP contribution in [-0.4, -0.2) is 33.6 Å². The number of urea groups is 1. The van der Waals surface area contributed by atoms with E-state index in [0.29, 0.717) is 17.3 Å². The van der Waals surface area contributed by atoms with Gasteiger partial charge in [0.25, 0.3) is 0 Å². The van der Waals surface area contributed by atoms with Crippen LogP contribution in [-0.2, 0) is 6.18 Å².